The number of unbranched alkanes of at least 4 members (excludes halogenated alkanes) is 4. The largest absolute Gasteiger partial charge is 0.362 e. The fraction of sp³-hybridized carbons (Fsp3) is 1.00. The van der Waals surface area contributed by atoms with Gasteiger partial charge in [0.2, 0.25) is 0 Å². The van der Waals surface area contributed by atoms with Gasteiger partial charge in [-0.05, 0) is 25.7 Å². The van der Waals surface area contributed by atoms with Gasteiger partial charge < -0.3 is 14.5 Å². The molecule has 0 rings (SSSR count). The first-order valence-corrected chi connectivity index (χ1v) is 8.53. The van der Waals surface area contributed by atoms with Crippen LogP contribution in [0.25, 0.3) is 0 Å². The SMILES string of the molecule is CCCCCCCC(C)(OCC(C)C)P(=O)(O)O. The minimum Gasteiger partial charge on any atom is -0.362 e. The lowest BCUT2D eigenvalue weighted by Gasteiger charge is -2.31. The summed E-state index contributed by atoms with van der Waals surface area (Å²) in [6, 6.07) is 0. The molecule has 0 amide bonds. The van der Waals surface area contributed by atoms with Gasteiger partial charge in [-0.2, -0.15) is 0 Å². The van der Waals surface area contributed by atoms with E-state index in [4.69, 9.17) is 4.74 Å². The lowest BCUT2D eigenvalue weighted by molar-refractivity contribution is -0.00899. The average molecular weight is 280 g/mol. The summed E-state index contributed by atoms with van der Waals surface area (Å²) in [6.45, 7) is 8.01. The molecule has 1 atom stereocenters. The van der Waals surface area contributed by atoms with Crippen molar-refractivity contribution in [1.29, 1.82) is 0 Å². The molecule has 0 aliphatic heterocycles. The number of hydrogen-bond donors (Lipinski definition) is 2. The molecule has 18 heavy (non-hydrogen) atoms. The third kappa shape index (κ3) is 6.89. The highest BCUT2D eigenvalue weighted by atomic mass is 31.2. The highest BCUT2D eigenvalue weighted by molar-refractivity contribution is 7.53. The third-order valence-corrected chi connectivity index (χ3v) is 4.67. The van der Waals surface area contributed by atoms with Gasteiger partial charge in [-0.15, -0.1) is 0 Å². The molecule has 0 bridgehead atoms. The predicted octanol–water partition coefficient (Wildman–Crippen LogP) is 3.91. The molecule has 4 nitrogen and oxygen atoms in total. The van der Waals surface area contributed by atoms with Crippen LogP contribution in [0, 0.1) is 5.92 Å². The van der Waals surface area contributed by atoms with Crippen LogP contribution < -0.4 is 0 Å². The molecule has 0 heterocycles. The highest BCUT2D eigenvalue weighted by Crippen LogP contribution is 2.53. The van der Waals surface area contributed by atoms with Crippen LogP contribution >= 0.6 is 7.60 Å². The molecule has 0 saturated heterocycles. The summed E-state index contributed by atoms with van der Waals surface area (Å²) in [6.07, 6.45) is 5.71. The first-order valence-electron chi connectivity index (χ1n) is 6.92. The summed E-state index contributed by atoms with van der Waals surface area (Å²) in [4.78, 5) is 18.9. The van der Waals surface area contributed by atoms with E-state index in [1.165, 1.54) is 19.8 Å². The fourth-order valence-electron chi connectivity index (χ4n) is 1.70. The highest BCUT2D eigenvalue weighted by Gasteiger charge is 2.43. The molecule has 0 radical (unpaired) electrons. The monoisotopic (exact) mass is 280 g/mol. The standard InChI is InChI=1S/C13H29O4P/c1-5-6-7-8-9-10-13(4,18(14,15)16)17-11-12(2)3/h12H,5-11H2,1-4H3,(H2,14,15,16). The first kappa shape index (κ1) is 18.1. The van der Waals surface area contributed by atoms with Gasteiger partial charge in [0.15, 0.2) is 5.34 Å². The van der Waals surface area contributed by atoms with Crippen LogP contribution in [0.3, 0.4) is 0 Å². The Morgan fingerprint density at radius 3 is 2.17 bits per heavy atom. The summed E-state index contributed by atoms with van der Waals surface area (Å²) < 4.78 is 17.1. The Kier molecular flexibility index (Phi) is 8.37. The molecule has 0 fully saturated rings. The van der Waals surface area contributed by atoms with E-state index in [0.29, 0.717) is 13.0 Å². The lowest BCUT2D eigenvalue weighted by Crippen LogP contribution is -2.30. The van der Waals surface area contributed by atoms with Crippen molar-refractivity contribution in [2.45, 2.75) is 71.6 Å². The van der Waals surface area contributed by atoms with Crippen LogP contribution in [-0.2, 0) is 9.30 Å². The van der Waals surface area contributed by atoms with Crippen molar-refractivity contribution in [3.8, 4) is 0 Å². The zero-order chi connectivity index (χ0) is 14.2. The molecular formula is C13H29O4P. The van der Waals surface area contributed by atoms with Crippen molar-refractivity contribution in [3.63, 3.8) is 0 Å². The van der Waals surface area contributed by atoms with E-state index in [0.717, 1.165) is 19.3 Å². The molecule has 0 aliphatic rings. The summed E-state index contributed by atoms with van der Waals surface area (Å²) in [5.41, 5.74) is 0. The van der Waals surface area contributed by atoms with E-state index >= 15 is 0 Å². The Morgan fingerprint density at radius 1 is 1.17 bits per heavy atom. The molecule has 0 aliphatic carbocycles. The molecule has 5 heteroatoms. The topological polar surface area (TPSA) is 66.8 Å². The second-order valence-corrected chi connectivity index (χ2v) is 7.62. The fourth-order valence-corrected chi connectivity index (χ4v) is 2.40. The summed E-state index contributed by atoms with van der Waals surface area (Å²) in [5.74, 6) is 0.274. The van der Waals surface area contributed by atoms with E-state index in [-0.39, 0.29) is 5.92 Å². The van der Waals surface area contributed by atoms with Gasteiger partial charge >= 0.3 is 7.60 Å². The Bertz CT molecular complexity index is 262. The quantitative estimate of drug-likeness (QED) is 0.470. The molecule has 0 aromatic rings. The number of ether oxygens (including phenoxy) is 1. The molecule has 0 aromatic carbocycles. The maximum absolute atomic E-state index is 11.6. The van der Waals surface area contributed by atoms with Gasteiger partial charge in [-0.3, -0.25) is 4.57 Å². The Labute approximate surface area is 111 Å². The van der Waals surface area contributed by atoms with Gasteiger partial charge in [0.25, 0.3) is 0 Å². The van der Waals surface area contributed by atoms with Crippen molar-refractivity contribution in [1.82, 2.24) is 0 Å². The van der Waals surface area contributed by atoms with E-state index in [1.807, 2.05) is 13.8 Å². The summed E-state index contributed by atoms with van der Waals surface area (Å²) in [5, 5.41) is -1.32. The Hall–Kier alpha value is 0.110. The van der Waals surface area contributed by atoms with Crippen LogP contribution in [0.5, 0.6) is 0 Å². The number of rotatable bonds is 10. The van der Waals surface area contributed by atoms with Crippen molar-refractivity contribution >= 4 is 7.60 Å². The number of hydrogen-bond acceptors (Lipinski definition) is 2. The van der Waals surface area contributed by atoms with Crippen molar-refractivity contribution in [3.05, 3.63) is 0 Å². The normalized spacial score (nSPS) is 15.9. The lowest BCUT2D eigenvalue weighted by atomic mass is 10.1. The summed E-state index contributed by atoms with van der Waals surface area (Å²) in [7, 11) is -4.22. The van der Waals surface area contributed by atoms with E-state index < -0.39 is 12.9 Å². The first-order chi connectivity index (χ1) is 8.23. The van der Waals surface area contributed by atoms with Crippen LogP contribution in [0.2, 0.25) is 0 Å². The average Bonchev–Trinajstić information content (AvgIpc) is 2.24. The van der Waals surface area contributed by atoms with E-state index in [9.17, 15) is 14.4 Å². The van der Waals surface area contributed by atoms with Gasteiger partial charge in [0.05, 0.1) is 6.61 Å². The van der Waals surface area contributed by atoms with Crippen LogP contribution in [0.15, 0.2) is 0 Å². The molecule has 0 aromatic heterocycles. The molecule has 0 saturated carbocycles. The zero-order valence-corrected chi connectivity index (χ0v) is 13.1. The van der Waals surface area contributed by atoms with Crippen molar-refractivity contribution in [2.24, 2.45) is 5.92 Å². The van der Waals surface area contributed by atoms with Gasteiger partial charge in [-0.25, -0.2) is 0 Å². The second kappa shape index (κ2) is 8.31. The minimum absolute atomic E-state index is 0.274. The maximum atomic E-state index is 11.6. The summed E-state index contributed by atoms with van der Waals surface area (Å²) >= 11 is 0. The molecule has 1 unspecified atom stereocenters. The molecular weight excluding hydrogens is 251 g/mol. The van der Waals surface area contributed by atoms with Gasteiger partial charge in [0, 0.05) is 0 Å². The Morgan fingerprint density at radius 2 is 1.72 bits per heavy atom. The van der Waals surface area contributed by atoms with Gasteiger partial charge in [0.1, 0.15) is 0 Å². The molecule has 0 spiro atoms. The zero-order valence-electron chi connectivity index (χ0n) is 12.2. The van der Waals surface area contributed by atoms with Crippen LogP contribution in [0.4, 0.5) is 0 Å². The minimum atomic E-state index is -4.22. The second-order valence-electron chi connectivity index (χ2n) is 5.59. The van der Waals surface area contributed by atoms with Crippen LogP contribution in [0.1, 0.15) is 66.2 Å². The van der Waals surface area contributed by atoms with Crippen molar-refractivity contribution in [2.75, 3.05) is 6.61 Å². The third-order valence-electron chi connectivity index (χ3n) is 3.09. The Balaban J connectivity index is 4.27. The van der Waals surface area contributed by atoms with Crippen LogP contribution in [-0.4, -0.2) is 21.7 Å². The van der Waals surface area contributed by atoms with Gasteiger partial charge in [-0.1, -0.05) is 46.5 Å². The molecule has 110 valence electrons. The maximum Gasteiger partial charge on any atom is 0.356 e. The van der Waals surface area contributed by atoms with Crippen molar-refractivity contribution < 1.29 is 19.1 Å². The predicted molar refractivity (Wildman–Crippen MR) is 74.6 cm³/mol. The van der Waals surface area contributed by atoms with E-state index in [2.05, 4.69) is 6.92 Å². The van der Waals surface area contributed by atoms with E-state index in [1.54, 1.807) is 0 Å². The molecule has 2 N–H and O–H groups in total. The smallest absolute Gasteiger partial charge is 0.356 e.